The number of halogens is 3. The van der Waals surface area contributed by atoms with E-state index in [1.54, 1.807) is 22.9 Å². The van der Waals surface area contributed by atoms with Crippen LogP contribution in [0.15, 0.2) is 65.7 Å². The van der Waals surface area contributed by atoms with Crippen molar-refractivity contribution >= 4 is 32.9 Å². The lowest BCUT2D eigenvalue weighted by Gasteiger charge is -2.33. The first kappa shape index (κ1) is 23.6. The number of amides is 2. The minimum Gasteiger partial charge on any atom is -0.338 e. The quantitative estimate of drug-likeness (QED) is 0.538. The monoisotopic (exact) mass is 490 g/mol. The molecule has 0 saturated carbocycles. The molecule has 3 aromatic rings. The van der Waals surface area contributed by atoms with Crippen molar-refractivity contribution in [2.75, 3.05) is 23.0 Å². The van der Waals surface area contributed by atoms with Crippen molar-refractivity contribution in [2.45, 2.75) is 24.0 Å². The summed E-state index contributed by atoms with van der Waals surface area (Å²) in [6, 6.07) is 11.7. The van der Waals surface area contributed by atoms with Crippen molar-refractivity contribution < 1.29 is 27.0 Å². The third kappa shape index (κ3) is 4.43. The number of fused-ring (bicyclic) bond motifs is 1. The van der Waals surface area contributed by atoms with E-state index < -0.39 is 33.3 Å². The molecule has 0 saturated heterocycles. The van der Waals surface area contributed by atoms with Crippen molar-refractivity contribution in [1.82, 2.24) is 4.57 Å². The van der Waals surface area contributed by atoms with Crippen LogP contribution in [-0.2, 0) is 15.9 Å². The zero-order valence-electron chi connectivity index (χ0n) is 18.2. The van der Waals surface area contributed by atoms with Gasteiger partial charge in [-0.25, -0.2) is 8.99 Å². The maximum atomic E-state index is 13.3. The van der Waals surface area contributed by atoms with E-state index in [4.69, 9.17) is 4.78 Å². The molecule has 2 amide bonds. The molecule has 2 atom stereocenters. The summed E-state index contributed by atoms with van der Waals surface area (Å²) in [5.41, 5.74) is 0.0156. The highest BCUT2D eigenvalue weighted by molar-refractivity contribution is 7.91. The summed E-state index contributed by atoms with van der Waals surface area (Å²) in [6.45, 7) is 2.06. The van der Waals surface area contributed by atoms with E-state index in [-0.39, 0.29) is 28.7 Å². The maximum Gasteiger partial charge on any atom is 0.416 e. The van der Waals surface area contributed by atoms with Crippen molar-refractivity contribution in [3.8, 4) is 0 Å². The number of alkyl halides is 3. The van der Waals surface area contributed by atoms with Crippen LogP contribution in [0.25, 0.3) is 0 Å². The largest absolute Gasteiger partial charge is 0.416 e. The molecule has 7 nitrogen and oxygen atoms in total. The van der Waals surface area contributed by atoms with Gasteiger partial charge in [-0.1, -0.05) is 6.07 Å². The van der Waals surface area contributed by atoms with Crippen LogP contribution < -0.4 is 10.2 Å². The molecular weight excluding hydrogens is 469 g/mol. The van der Waals surface area contributed by atoms with Crippen LogP contribution in [0.4, 0.5) is 24.5 Å². The first-order chi connectivity index (χ1) is 15.9. The highest BCUT2D eigenvalue weighted by Gasteiger charge is 2.35. The van der Waals surface area contributed by atoms with E-state index in [2.05, 4.69) is 5.32 Å². The van der Waals surface area contributed by atoms with Crippen LogP contribution in [0.5, 0.6) is 0 Å². The molecule has 34 heavy (non-hydrogen) atoms. The number of carbonyl (C=O) groups is 2. The summed E-state index contributed by atoms with van der Waals surface area (Å²) in [5, 5.41) is 2.66. The summed E-state index contributed by atoms with van der Waals surface area (Å²) in [4.78, 5) is 27.9. The number of anilines is 2. The Bertz CT molecular complexity index is 1380. The molecule has 2 heterocycles. The highest BCUT2D eigenvalue weighted by Crippen LogP contribution is 2.33. The second-order valence-electron chi connectivity index (χ2n) is 8.12. The first-order valence-corrected chi connectivity index (χ1v) is 12.2. The maximum absolute atomic E-state index is 13.3. The molecule has 11 heteroatoms. The standard InChI is InChI=1S/C23H21F3N4O3S/c1-14-13-30(17-8-6-15(7-9-17)23(24,25)26)22(32)20-19(10-11-29(14)20)21(31)28-16-4-3-5-18(12-16)34(2,27)33/h3-12,14,27H,13H2,1-2H3,(H,28,31)/t14-,34?/m0/s1. The molecule has 0 bridgehead atoms. The van der Waals surface area contributed by atoms with E-state index in [1.165, 1.54) is 41.5 Å². The summed E-state index contributed by atoms with van der Waals surface area (Å²) in [7, 11) is -2.98. The fraction of sp³-hybridized carbons (Fsp3) is 0.217. The molecule has 0 spiro atoms. The third-order valence-electron chi connectivity index (χ3n) is 5.58. The Balaban J connectivity index is 1.64. The molecule has 178 valence electrons. The van der Waals surface area contributed by atoms with Crippen LogP contribution in [-0.4, -0.2) is 33.4 Å². The number of nitrogens with one attached hydrogen (secondary N) is 2. The van der Waals surface area contributed by atoms with E-state index >= 15 is 0 Å². The zero-order chi connectivity index (χ0) is 24.8. The number of nitrogens with zero attached hydrogens (tertiary/aromatic N) is 2. The number of rotatable bonds is 4. The Hall–Kier alpha value is -3.60. The minimum absolute atomic E-state index is 0.0990. The topological polar surface area (TPSA) is 95.3 Å². The number of carbonyl (C=O) groups excluding carboxylic acids is 2. The van der Waals surface area contributed by atoms with E-state index in [9.17, 15) is 27.0 Å². The zero-order valence-corrected chi connectivity index (χ0v) is 19.0. The average molecular weight is 491 g/mol. The first-order valence-electron chi connectivity index (χ1n) is 10.2. The molecule has 0 fully saturated rings. The van der Waals surface area contributed by atoms with Gasteiger partial charge in [-0.15, -0.1) is 0 Å². The molecule has 2 N–H and O–H groups in total. The van der Waals surface area contributed by atoms with Crippen LogP contribution in [0.3, 0.4) is 0 Å². The van der Waals surface area contributed by atoms with Gasteiger partial charge in [0.05, 0.1) is 20.9 Å². The number of benzene rings is 2. The SMILES string of the molecule is C[C@H]1CN(c2ccc(C(F)(F)F)cc2)C(=O)c2c(C(=O)Nc3cccc(S(C)(=N)=O)c3)ccn21. The summed E-state index contributed by atoms with van der Waals surface area (Å²) in [5.74, 6) is -1.09. The molecule has 1 unspecified atom stereocenters. The van der Waals surface area contributed by atoms with Crippen LogP contribution in [0, 0.1) is 4.78 Å². The Morgan fingerprint density at radius 1 is 1.15 bits per heavy atom. The van der Waals surface area contributed by atoms with Gasteiger partial charge in [-0.3, -0.25) is 9.59 Å². The van der Waals surface area contributed by atoms with Gasteiger partial charge >= 0.3 is 6.18 Å². The summed E-state index contributed by atoms with van der Waals surface area (Å²) < 4.78 is 60.1. The Morgan fingerprint density at radius 3 is 2.44 bits per heavy atom. The van der Waals surface area contributed by atoms with Crippen LogP contribution >= 0.6 is 0 Å². The molecule has 0 radical (unpaired) electrons. The lowest BCUT2D eigenvalue weighted by atomic mass is 10.1. The van der Waals surface area contributed by atoms with Crippen molar-refractivity contribution in [3.63, 3.8) is 0 Å². The number of hydrogen-bond acceptors (Lipinski definition) is 4. The van der Waals surface area contributed by atoms with E-state index in [0.717, 1.165) is 12.1 Å². The number of aromatic nitrogens is 1. The van der Waals surface area contributed by atoms with E-state index in [1.807, 2.05) is 6.92 Å². The normalized spacial score (nSPS) is 17.7. The fourth-order valence-corrected chi connectivity index (χ4v) is 4.54. The third-order valence-corrected chi connectivity index (χ3v) is 6.73. The molecular formula is C23H21F3N4O3S. The minimum atomic E-state index is -4.49. The molecule has 4 rings (SSSR count). The lowest BCUT2D eigenvalue weighted by molar-refractivity contribution is -0.137. The molecule has 1 aliphatic rings. The highest BCUT2D eigenvalue weighted by atomic mass is 32.2. The second-order valence-corrected chi connectivity index (χ2v) is 10.3. The predicted octanol–water partition coefficient (Wildman–Crippen LogP) is 5.02. The van der Waals surface area contributed by atoms with Gasteiger partial charge in [-0.2, -0.15) is 13.2 Å². The summed E-state index contributed by atoms with van der Waals surface area (Å²) >= 11 is 0. The van der Waals surface area contributed by atoms with Crippen LogP contribution in [0.2, 0.25) is 0 Å². The molecule has 1 aromatic heterocycles. The fourth-order valence-electron chi connectivity index (χ4n) is 3.85. The van der Waals surface area contributed by atoms with Gasteiger partial charge in [0, 0.05) is 41.3 Å². The van der Waals surface area contributed by atoms with Gasteiger partial charge in [0.2, 0.25) is 0 Å². The smallest absolute Gasteiger partial charge is 0.338 e. The molecule has 2 aromatic carbocycles. The Morgan fingerprint density at radius 2 is 1.82 bits per heavy atom. The summed E-state index contributed by atoms with van der Waals surface area (Å²) in [6.07, 6.45) is -1.59. The lowest BCUT2D eigenvalue weighted by Crippen LogP contribution is -2.43. The molecule has 0 aliphatic carbocycles. The van der Waals surface area contributed by atoms with Gasteiger partial charge < -0.3 is 14.8 Å². The van der Waals surface area contributed by atoms with Gasteiger partial charge in [0.1, 0.15) is 5.69 Å². The van der Waals surface area contributed by atoms with Crippen LogP contribution in [0.1, 0.15) is 39.4 Å². The molecule has 1 aliphatic heterocycles. The predicted molar refractivity (Wildman–Crippen MR) is 122 cm³/mol. The van der Waals surface area contributed by atoms with E-state index in [0.29, 0.717) is 11.4 Å². The van der Waals surface area contributed by atoms with Gasteiger partial charge in [0.15, 0.2) is 0 Å². The van der Waals surface area contributed by atoms with Gasteiger partial charge in [0.25, 0.3) is 11.8 Å². The average Bonchev–Trinajstić information content (AvgIpc) is 3.22. The van der Waals surface area contributed by atoms with Gasteiger partial charge in [-0.05, 0) is 55.5 Å². The van der Waals surface area contributed by atoms with Crippen molar-refractivity contribution in [1.29, 1.82) is 4.78 Å². The number of hydrogen-bond donors (Lipinski definition) is 2. The van der Waals surface area contributed by atoms with Crippen molar-refractivity contribution in [3.05, 3.63) is 77.6 Å². The van der Waals surface area contributed by atoms with Crippen molar-refractivity contribution in [2.24, 2.45) is 0 Å². The Kier molecular flexibility index (Phi) is 5.76. The second kappa shape index (κ2) is 8.32. The Labute approximate surface area is 194 Å².